The number of nitrogens with zero attached hydrogens (tertiary/aromatic N) is 2. The zero-order valence-electron chi connectivity index (χ0n) is 16.9. The van der Waals surface area contributed by atoms with Gasteiger partial charge in [-0.05, 0) is 62.2 Å². The molecule has 0 spiro atoms. The first-order valence-corrected chi connectivity index (χ1v) is 9.74. The molecule has 0 bridgehead atoms. The highest BCUT2D eigenvalue weighted by atomic mass is 16.5. The molecule has 5 heteroatoms. The number of hydrogen-bond donors (Lipinski definition) is 0. The van der Waals surface area contributed by atoms with Crippen molar-refractivity contribution < 1.29 is 13.9 Å². The zero-order valence-corrected chi connectivity index (χ0v) is 16.9. The maximum absolute atomic E-state index is 5.99. The van der Waals surface area contributed by atoms with E-state index in [1.54, 1.807) is 12.4 Å². The van der Waals surface area contributed by atoms with Crippen LogP contribution < -0.4 is 9.47 Å². The van der Waals surface area contributed by atoms with Gasteiger partial charge in [0, 0.05) is 18.5 Å². The number of hydrogen-bond acceptors (Lipinski definition) is 5. The Kier molecular flexibility index (Phi) is 5.21. The minimum absolute atomic E-state index is 0.167. The van der Waals surface area contributed by atoms with Crippen LogP contribution in [0.15, 0.2) is 71.4 Å². The summed E-state index contributed by atoms with van der Waals surface area (Å²) in [7, 11) is 0. The van der Waals surface area contributed by atoms with Crippen molar-refractivity contribution in [1.82, 2.24) is 9.97 Å². The highest BCUT2D eigenvalue weighted by Gasteiger charge is 2.16. The van der Waals surface area contributed by atoms with Crippen molar-refractivity contribution in [1.29, 1.82) is 0 Å². The molecule has 29 heavy (non-hydrogen) atoms. The number of benzene rings is 2. The molecule has 0 aliphatic rings. The maximum atomic E-state index is 5.99. The van der Waals surface area contributed by atoms with Crippen molar-refractivity contribution in [3.8, 4) is 23.0 Å². The molecule has 0 N–H and O–H groups in total. The van der Waals surface area contributed by atoms with Gasteiger partial charge in [0.15, 0.2) is 5.58 Å². The summed E-state index contributed by atoms with van der Waals surface area (Å²) in [6.07, 6.45) is 4.41. The summed E-state index contributed by atoms with van der Waals surface area (Å²) in [5.41, 5.74) is 3.23. The molecule has 2 aromatic carbocycles. The molecule has 0 aliphatic carbocycles. The number of oxazole rings is 1. The fourth-order valence-corrected chi connectivity index (χ4v) is 2.82. The van der Waals surface area contributed by atoms with Gasteiger partial charge in [0.1, 0.15) is 29.2 Å². The number of ether oxygens (including phenoxy) is 2. The monoisotopic (exact) mass is 388 g/mol. The fraction of sp³-hybridized carbons (Fsp3) is 0.250. The lowest BCUT2D eigenvalue weighted by molar-refractivity contribution is 0.105. The molecule has 4 aromatic rings. The first-order chi connectivity index (χ1) is 14.0. The van der Waals surface area contributed by atoms with Gasteiger partial charge in [-0.2, -0.15) is 0 Å². The number of aromatic nitrogens is 2. The van der Waals surface area contributed by atoms with Gasteiger partial charge in [-0.3, -0.25) is 4.98 Å². The smallest absolute Gasteiger partial charge is 0.228 e. The normalized spacial score (nSPS) is 11.6. The van der Waals surface area contributed by atoms with Crippen LogP contribution in [0.2, 0.25) is 0 Å². The van der Waals surface area contributed by atoms with E-state index < -0.39 is 0 Å². The van der Waals surface area contributed by atoms with Gasteiger partial charge in [-0.25, -0.2) is 4.98 Å². The summed E-state index contributed by atoms with van der Waals surface area (Å²) >= 11 is 0. The fourth-order valence-electron chi connectivity index (χ4n) is 2.82. The van der Waals surface area contributed by atoms with E-state index in [0.717, 1.165) is 40.1 Å². The summed E-state index contributed by atoms with van der Waals surface area (Å²) in [5.74, 6) is 2.17. The minimum atomic E-state index is -0.167. The highest BCUT2D eigenvalue weighted by Crippen LogP contribution is 2.27. The van der Waals surface area contributed by atoms with E-state index in [1.165, 1.54) is 0 Å². The van der Waals surface area contributed by atoms with Crippen LogP contribution in [0.1, 0.15) is 32.8 Å². The van der Waals surface area contributed by atoms with E-state index in [0.29, 0.717) is 12.5 Å². The molecule has 0 unspecified atom stereocenters. The Morgan fingerprint density at radius 3 is 2.52 bits per heavy atom. The molecule has 148 valence electrons. The van der Waals surface area contributed by atoms with Crippen LogP contribution >= 0.6 is 0 Å². The second-order valence-electron chi connectivity index (χ2n) is 7.54. The van der Waals surface area contributed by atoms with Gasteiger partial charge in [-0.1, -0.05) is 19.1 Å². The second-order valence-corrected chi connectivity index (χ2v) is 7.54. The van der Waals surface area contributed by atoms with Crippen molar-refractivity contribution >= 4 is 11.1 Å². The maximum Gasteiger partial charge on any atom is 0.228 e. The van der Waals surface area contributed by atoms with E-state index in [1.807, 2.05) is 54.6 Å². The lowest BCUT2D eigenvalue weighted by Crippen LogP contribution is -2.26. The number of fused-ring (bicyclic) bond motifs is 1. The molecule has 0 atom stereocenters. The molecule has 4 rings (SSSR count). The predicted octanol–water partition coefficient (Wildman–Crippen LogP) is 6.04. The van der Waals surface area contributed by atoms with E-state index >= 15 is 0 Å². The summed E-state index contributed by atoms with van der Waals surface area (Å²) in [6.45, 7) is 6.76. The van der Waals surface area contributed by atoms with Crippen molar-refractivity contribution in [2.24, 2.45) is 0 Å². The first kappa shape index (κ1) is 19.0. The van der Waals surface area contributed by atoms with Crippen LogP contribution in [0.3, 0.4) is 0 Å². The molecule has 2 heterocycles. The molecular weight excluding hydrogens is 364 g/mol. The van der Waals surface area contributed by atoms with Crippen LogP contribution in [-0.4, -0.2) is 15.6 Å². The highest BCUT2D eigenvalue weighted by molar-refractivity contribution is 5.77. The lowest BCUT2D eigenvalue weighted by atomic mass is 10.1. The van der Waals surface area contributed by atoms with Crippen molar-refractivity contribution in [3.05, 3.63) is 72.6 Å². The van der Waals surface area contributed by atoms with E-state index in [-0.39, 0.29) is 5.60 Å². The topological polar surface area (TPSA) is 57.4 Å². The summed E-state index contributed by atoms with van der Waals surface area (Å²) in [4.78, 5) is 8.66. The Hall–Kier alpha value is -3.34. The van der Waals surface area contributed by atoms with Gasteiger partial charge >= 0.3 is 0 Å². The second kappa shape index (κ2) is 7.95. The molecule has 0 amide bonds. The third kappa shape index (κ3) is 4.57. The Labute approximate surface area is 170 Å². The van der Waals surface area contributed by atoms with Gasteiger partial charge in [-0.15, -0.1) is 0 Å². The SMILES string of the molecule is CCC(C)(C)Oc1ccc(COc2ccc3oc(-c4cccnc4)nc3c2)cc1. The van der Waals surface area contributed by atoms with Crippen LogP contribution in [0, 0.1) is 0 Å². The van der Waals surface area contributed by atoms with Crippen molar-refractivity contribution in [3.63, 3.8) is 0 Å². The standard InChI is InChI=1S/C24H24N2O3/c1-4-24(2,3)29-19-9-7-17(8-10-19)16-27-20-11-12-22-21(14-20)26-23(28-22)18-6-5-13-25-15-18/h5-15H,4,16H2,1-3H3. The van der Waals surface area contributed by atoms with Crippen LogP contribution in [0.25, 0.3) is 22.6 Å². The molecular formula is C24H24N2O3. The average Bonchev–Trinajstić information content (AvgIpc) is 3.17. The van der Waals surface area contributed by atoms with E-state index in [4.69, 9.17) is 13.9 Å². The molecule has 0 fully saturated rings. The molecule has 0 radical (unpaired) electrons. The predicted molar refractivity (Wildman–Crippen MR) is 113 cm³/mol. The molecule has 0 saturated heterocycles. The minimum Gasteiger partial charge on any atom is -0.489 e. The third-order valence-corrected chi connectivity index (χ3v) is 4.84. The average molecular weight is 388 g/mol. The molecule has 5 nitrogen and oxygen atoms in total. The Balaban J connectivity index is 1.43. The summed E-state index contributed by atoms with van der Waals surface area (Å²) in [5, 5.41) is 0. The zero-order chi connectivity index (χ0) is 20.3. The number of pyridine rings is 1. The van der Waals surface area contributed by atoms with E-state index in [2.05, 4.69) is 30.7 Å². The summed E-state index contributed by atoms with van der Waals surface area (Å²) < 4.78 is 17.7. The van der Waals surface area contributed by atoms with Crippen LogP contribution in [0.5, 0.6) is 11.5 Å². The quantitative estimate of drug-likeness (QED) is 0.386. The molecule has 0 saturated carbocycles. The Morgan fingerprint density at radius 2 is 1.79 bits per heavy atom. The molecule has 0 aliphatic heterocycles. The third-order valence-electron chi connectivity index (χ3n) is 4.84. The van der Waals surface area contributed by atoms with Crippen molar-refractivity contribution in [2.75, 3.05) is 0 Å². The largest absolute Gasteiger partial charge is 0.489 e. The van der Waals surface area contributed by atoms with E-state index in [9.17, 15) is 0 Å². The van der Waals surface area contributed by atoms with Gasteiger partial charge in [0.05, 0.1) is 5.56 Å². The lowest BCUT2D eigenvalue weighted by Gasteiger charge is -2.24. The number of rotatable bonds is 7. The van der Waals surface area contributed by atoms with Gasteiger partial charge in [0.2, 0.25) is 5.89 Å². The molecule has 2 aromatic heterocycles. The van der Waals surface area contributed by atoms with Gasteiger partial charge < -0.3 is 13.9 Å². The summed E-state index contributed by atoms with van der Waals surface area (Å²) in [6, 6.07) is 17.5. The van der Waals surface area contributed by atoms with Crippen LogP contribution in [0.4, 0.5) is 0 Å². The van der Waals surface area contributed by atoms with Crippen molar-refractivity contribution in [2.45, 2.75) is 39.4 Å². The van der Waals surface area contributed by atoms with Gasteiger partial charge in [0.25, 0.3) is 0 Å². The first-order valence-electron chi connectivity index (χ1n) is 9.74. The van der Waals surface area contributed by atoms with Crippen LogP contribution in [-0.2, 0) is 6.61 Å². The Morgan fingerprint density at radius 1 is 1.00 bits per heavy atom. The Bertz CT molecular complexity index is 1090.